The topological polar surface area (TPSA) is 50.4 Å². The molecule has 1 amide bonds. The Morgan fingerprint density at radius 2 is 2.21 bits per heavy atom. The molecule has 1 aromatic rings. The second-order valence-corrected chi connectivity index (χ2v) is 4.99. The van der Waals surface area contributed by atoms with Gasteiger partial charge in [0, 0.05) is 19.0 Å². The summed E-state index contributed by atoms with van der Waals surface area (Å²) in [5.74, 6) is 0.936. The number of rotatable bonds is 8. The molecule has 1 aliphatic rings. The molecule has 0 unspecified atom stereocenters. The van der Waals surface area contributed by atoms with Crippen molar-refractivity contribution in [2.75, 3.05) is 19.7 Å². The first-order valence-corrected chi connectivity index (χ1v) is 6.93. The van der Waals surface area contributed by atoms with Crippen LogP contribution in [0.3, 0.4) is 0 Å². The molecule has 2 N–H and O–H groups in total. The van der Waals surface area contributed by atoms with E-state index in [9.17, 15) is 4.79 Å². The van der Waals surface area contributed by atoms with Gasteiger partial charge in [-0.05, 0) is 37.5 Å². The number of carbonyl (C=O) groups is 1. The molecule has 4 heteroatoms. The van der Waals surface area contributed by atoms with E-state index < -0.39 is 0 Å². The van der Waals surface area contributed by atoms with E-state index in [1.165, 1.54) is 18.4 Å². The van der Waals surface area contributed by atoms with Crippen molar-refractivity contribution < 1.29 is 9.53 Å². The minimum absolute atomic E-state index is 0.0843. The van der Waals surface area contributed by atoms with Crippen LogP contribution < -0.4 is 15.4 Å². The Morgan fingerprint density at radius 3 is 2.95 bits per heavy atom. The van der Waals surface area contributed by atoms with Crippen LogP contribution in [-0.4, -0.2) is 31.6 Å². The summed E-state index contributed by atoms with van der Waals surface area (Å²) in [5.41, 5.74) is 1.17. The van der Waals surface area contributed by atoms with Crippen molar-refractivity contribution in [1.29, 1.82) is 0 Å². The highest BCUT2D eigenvalue weighted by Gasteiger charge is 2.19. The van der Waals surface area contributed by atoms with E-state index in [-0.39, 0.29) is 5.91 Å². The van der Waals surface area contributed by atoms with Gasteiger partial charge in [0.25, 0.3) is 0 Å². The fourth-order valence-electron chi connectivity index (χ4n) is 1.83. The Hall–Kier alpha value is -1.55. The molecule has 4 nitrogen and oxygen atoms in total. The van der Waals surface area contributed by atoms with Gasteiger partial charge in [-0.1, -0.05) is 12.1 Å². The third-order valence-corrected chi connectivity index (χ3v) is 3.04. The third kappa shape index (κ3) is 5.75. The number of benzene rings is 1. The molecular formula is C15H22N2O2. The fraction of sp³-hybridized carbons (Fsp3) is 0.533. The van der Waals surface area contributed by atoms with Crippen molar-refractivity contribution in [2.24, 2.45) is 0 Å². The summed E-state index contributed by atoms with van der Waals surface area (Å²) in [7, 11) is 0. The van der Waals surface area contributed by atoms with Crippen molar-refractivity contribution in [3.63, 3.8) is 0 Å². The molecule has 1 fully saturated rings. The zero-order valence-electron chi connectivity index (χ0n) is 11.4. The van der Waals surface area contributed by atoms with Crippen molar-refractivity contribution in [2.45, 2.75) is 32.2 Å². The van der Waals surface area contributed by atoms with E-state index in [2.05, 4.69) is 10.6 Å². The Kier molecular flexibility index (Phi) is 5.21. The van der Waals surface area contributed by atoms with Crippen LogP contribution in [0.4, 0.5) is 0 Å². The maximum absolute atomic E-state index is 11.5. The van der Waals surface area contributed by atoms with E-state index in [0.717, 1.165) is 12.3 Å². The van der Waals surface area contributed by atoms with Crippen LogP contribution in [0.25, 0.3) is 0 Å². The number of amides is 1. The van der Waals surface area contributed by atoms with E-state index >= 15 is 0 Å². The summed E-state index contributed by atoms with van der Waals surface area (Å²) in [6.45, 7) is 3.86. The normalized spacial score (nSPS) is 14.2. The van der Waals surface area contributed by atoms with Gasteiger partial charge < -0.3 is 15.4 Å². The van der Waals surface area contributed by atoms with Gasteiger partial charge in [0.1, 0.15) is 12.4 Å². The standard InChI is InChI=1S/C15H22N2O2/c1-12-3-2-4-14(11-12)19-10-9-17-15(18)7-8-16-13-5-6-13/h2-4,11,13,16H,5-10H2,1H3,(H,17,18). The molecule has 2 rings (SSSR count). The zero-order chi connectivity index (χ0) is 13.5. The molecule has 104 valence electrons. The van der Waals surface area contributed by atoms with Gasteiger partial charge in [0.15, 0.2) is 0 Å². The van der Waals surface area contributed by atoms with Gasteiger partial charge in [-0.2, -0.15) is 0 Å². The van der Waals surface area contributed by atoms with Gasteiger partial charge in [-0.25, -0.2) is 0 Å². The molecular weight excluding hydrogens is 240 g/mol. The second kappa shape index (κ2) is 7.14. The Bertz CT molecular complexity index is 416. The van der Waals surface area contributed by atoms with Crippen LogP contribution in [0.5, 0.6) is 5.75 Å². The molecule has 0 radical (unpaired) electrons. The Morgan fingerprint density at radius 1 is 1.37 bits per heavy atom. The molecule has 0 heterocycles. The number of hydrogen-bond acceptors (Lipinski definition) is 3. The monoisotopic (exact) mass is 262 g/mol. The van der Waals surface area contributed by atoms with Gasteiger partial charge >= 0.3 is 0 Å². The molecule has 0 saturated heterocycles. The molecule has 1 aromatic carbocycles. The summed E-state index contributed by atoms with van der Waals surface area (Å²) in [6, 6.07) is 8.57. The lowest BCUT2D eigenvalue weighted by atomic mass is 10.2. The largest absolute Gasteiger partial charge is 0.492 e. The van der Waals surface area contributed by atoms with Crippen LogP contribution in [0, 0.1) is 6.92 Å². The summed E-state index contributed by atoms with van der Waals surface area (Å²) in [6.07, 6.45) is 3.05. The van der Waals surface area contributed by atoms with Crippen LogP contribution in [0.15, 0.2) is 24.3 Å². The van der Waals surface area contributed by atoms with E-state index in [0.29, 0.717) is 25.6 Å². The van der Waals surface area contributed by atoms with Crippen LogP contribution in [-0.2, 0) is 4.79 Å². The molecule has 1 saturated carbocycles. The molecule has 0 aliphatic heterocycles. The van der Waals surface area contributed by atoms with Crippen molar-refractivity contribution >= 4 is 5.91 Å². The maximum atomic E-state index is 11.5. The fourth-order valence-corrected chi connectivity index (χ4v) is 1.83. The SMILES string of the molecule is Cc1cccc(OCCNC(=O)CCNC2CC2)c1. The molecule has 0 spiro atoms. The highest BCUT2D eigenvalue weighted by atomic mass is 16.5. The minimum atomic E-state index is 0.0843. The lowest BCUT2D eigenvalue weighted by molar-refractivity contribution is -0.121. The van der Waals surface area contributed by atoms with Crippen molar-refractivity contribution in [3.05, 3.63) is 29.8 Å². The first kappa shape index (κ1) is 13.9. The molecule has 0 aromatic heterocycles. The first-order chi connectivity index (χ1) is 9.24. The summed E-state index contributed by atoms with van der Waals surface area (Å²) < 4.78 is 5.56. The Balaban J connectivity index is 1.51. The predicted molar refractivity (Wildman–Crippen MR) is 75.3 cm³/mol. The predicted octanol–water partition coefficient (Wildman–Crippen LogP) is 1.63. The van der Waals surface area contributed by atoms with Crippen LogP contribution >= 0.6 is 0 Å². The number of nitrogens with one attached hydrogen (secondary N) is 2. The number of aryl methyl sites for hydroxylation is 1. The van der Waals surface area contributed by atoms with E-state index in [1.807, 2.05) is 31.2 Å². The van der Waals surface area contributed by atoms with Crippen molar-refractivity contribution in [1.82, 2.24) is 10.6 Å². The molecule has 1 aliphatic carbocycles. The number of ether oxygens (including phenoxy) is 1. The molecule has 0 atom stereocenters. The molecule has 0 bridgehead atoms. The lowest BCUT2D eigenvalue weighted by Gasteiger charge is -2.08. The van der Waals surface area contributed by atoms with Crippen LogP contribution in [0.1, 0.15) is 24.8 Å². The van der Waals surface area contributed by atoms with Gasteiger partial charge in [0.2, 0.25) is 5.91 Å². The van der Waals surface area contributed by atoms with E-state index in [1.54, 1.807) is 0 Å². The number of carbonyl (C=O) groups excluding carboxylic acids is 1. The van der Waals surface area contributed by atoms with Gasteiger partial charge in [-0.3, -0.25) is 4.79 Å². The summed E-state index contributed by atoms with van der Waals surface area (Å²) in [4.78, 5) is 11.5. The number of hydrogen-bond donors (Lipinski definition) is 2. The first-order valence-electron chi connectivity index (χ1n) is 6.93. The average Bonchev–Trinajstić information content (AvgIpc) is 3.19. The Labute approximate surface area is 114 Å². The maximum Gasteiger partial charge on any atom is 0.221 e. The van der Waals surface area contributed by atoms with Crippen molar-refractivity contribution in [3.8, 4) is 5.75 Å². The van der Waals surface area contributed by atoms with Gasteiger partial charge in [-0.15, -0.1) is 0 Å². The highest BCUT2D eigenvalue weighted by Crippen LogP contribution is 2.18. The summed E-state index contributed by atoms with van der Waals surface area (Å²) in [5, 5.41) is 6.18. The quantitative estimate of drug-likeness (QED) is 0.700. The smallest absolute Gasteiger partial charge is 0.221 e. The average molecular weight is 262 g/mol. The molecule has 19 heavy (non-hydrogen) atoms. The third-order valence-electron chi connectivity index (χ3n) is 3.04. The summed E-state index contributed by atoms with van der Waals surface area (Å²) >= 11 is 0. The highest BCUT2D eigenvalue weighted by molar-refractivity contribution is 5.76. The van der Waals surface area contributed by atoms with Crippen LogP contribution in [0.2, 0.25) is 0 Å². The van der Waals surface area contributed by atoms with Gasteiger partial charge in [0.05, 0.1) is 6.54 Å². The minimum Gasteiger partial charge on any atom is -0.492 e. The zero-order valence-corrected chi connectivity index (χ0v) is 11.4. The second-order valence-electron chi connectivity index (χ2n) is 4.99. The van der Waals surface area contributed by atoms with E-state index in [4.69, 9.17) is 4.74 Å². The lowest BCUT2D eigenvalue weighted by Crippen LogP contribution is -2.31.